The topological polar surface area (TPSA) is 55.6 Å². The zero-order valence-electron chi connectivity index (χ0n) is 12.3. The first kappa shape index (κ1) is 15.0. The van der Waals surface area contributed by atoms with Crippen LogP contribution in [0.3, 0.4) is 0 Å². The Morgan fingerprint density at radius 1 is 1.45 bits per heavy atom. The summed E-state index contributed by atoms with van der Waals surface area (Å²) in [5.41, 5.74) is 6.75. The van der Waals surface area contributed by atoms with E-state index in [4.69, 9.17) is 10.5 Å². The molecule has 1 fully saturated rings. The van der Waals surface area contributed by atoms with Crippen LogP contribution in [0, 0.1) is 0 Å². The first-order chi connectivity index (χ1) is 9.67. The number of amides is 1. The molecule has 0 radical (unpaired) electrons. The van der Waals surface area contributed by atoms with Crippen LogP contribution in [-0.2, 0) is 9.53 Å². The maximum atomic E-state index is 12.8. The quantitative estimate of drug-likeness (QED) is 0.911. The van der Waals surface area contributed by atoms with Crippen LogP contribution < -0.4 is 5.73 Å². The highest BCUT2D eigenvalue weighted by Gasteiger charge is 2.32. The summed E-state index contributed by atoms with van der Waals surface area (Å²) in [7, 11) is 0. The molecule has 2 rings (SSSR count). The minimum absolute atomic E-state index is 0.0385. The number of rotatable bonds is 4. The molecular weight excluding hydrogens is 252 g/mol. The number of hydrogen-bond acceptors (Lipinski definition) is 3. The fourth-order valence-electron chi connectivity index (χ4n) is 2.71. The van der Waals surface area contributed by atoms with Crippen molar-refractivity contribution in [3.8, 4) is 0 Å². The van der Waals surface area contributed by atoms with E-state index in [1.54, 1.807) is 0 Å². The van der Waals surface area contributed by atoms with Crippen molar-refractivity contribution in [2.75, 3.05) is 19.7 Å². The predicted molar refractivity (Wildman–Crippen MR) is 79.4 cm³/mol. The van der Waals surface area contributed by atoms with Gasteiger partial charge in [-0.25, -0.2) is 0 Å². The van der Waals surface area contributed by atoms with Gasteiger partial charge < -0.3 is 15.4 Å². The van der Waals surface area contributed by atoms with Gasteiger partial charge in [-0.2, -0.15) is 0 Å². The third kappa shape index (κ3) is 3.19. The van der Waals surface area contributed by atoms with Gasteiger partial charge >= 0.3 is 0 Å². The maximum absolute atomic E-state index is 12.8. The number of ether oxygens (including phenoxy) is 1. The van der Waals surface area contributed by atoms with Gasteiger partial charge in [-0.05, 0) is 18.9 Å². The minimum Gasteiger partial charge on any atom is -0.373 e. The zero-order chi connectivity index (χ0) is 14.5. The van der Waals surface area contributed by atoms with E-state index in [-0.39, 0.29) is 24.0 Å². The molecule has 2 N–H and O–H groups in total. The van der Waals surface area contributed by atoms with E-state index in [1.165, 1.54) is 0 Å². The van der Waals surface area contributed by atoms with Crippen molar-refractivity contribution >= 4 is 5.91 Å². The monoisotopic (exact) mass is 276 g/mol. The number of carbonyl (C=O) groups is 1. The summed E-state index contributed by atoms with van der Waals surface area (Å²) >= 11 is 0. The largest absolute Gasteiger partial charge is 0.373 e. The molecule has 0 spiro atoms. The molecule has 1 saturated heterocycles. The Balaban J connectivity index is 2.15. The second-order valence-corrected chi connectivity index (χ2v) is 5.40. The first-order valence-electron chi connectivity index (χ1n) is 7.34. The van der Waals surface area contributed by atoms with E-state index in [2.05, 4.69) is 6.92 Å². The van der Waals surface area contributed by atoms with Crippen molar-refractivity contribution in [3.63, 3.8) is 0 Å². The fraction of sp³-hybridized carbons (Fsp3) is 0.562. The van der Waals surface area contributed by atoms with Crippen molar-refractivity contribution in [1.29, 1.82) is 0 Å². The van der Waals surface area contributed by atoms with E-state index in [0.29, 0.717) is 19.7 Å². The Hall–Kier alpha value is -1.39. The molecule has 1 aliphatic heterocycles. The van der Waals surface area contributed by atoms with E-state index in [9.17, 15) is 4.79 Å². The molecule has 1 amide bonds. The highest BCUT2D eigenvalue weighted by molar-refractivity contribution is 5.84. The van der Waals surface area contributed by atoms with Crippen molar-refractivity contribution in [2.24, 2.45) is 5.73 Å². The summed E-state index contributed by atoms with van der Waals surface area (Å²) in [6.07, 6.45) is 0.767. The molecule has 3 atom stereocenters. The van der Waals surface area contributed by atoms with Gasteiger partial charge in [-0.3, -0.25) is 4.79 Å². The average Bonchev–Trinajstić information content (AvgIpc) is 2.49. The van der Waals surface area contributed by atoms with Gasteiger partial charge in [0, 0.05) is 13.1 Å². The van der Waals surface area contributed by atoms with E-state index in [1.807, 2.05) is 42.2 Å². The van der Waals surface area contributed by atoms with Crippen molar-refractivity contribution < 1.29 is 9.53 Å². The lowest BCUT2D eigenvalue weighted by atomic mass is 9.94. The number of morpholine rings is 1. The zero-order valence-corrected chi connectivity index (χ0v) is 12.3. The van der Waals surface area contributed by atoms with Gasteiger partial charge in [0.25, 0.3) is 0 Å². The molecule has 3 unspecified atom stereocenters. The third-order valence-corrected chi connectivity index (χ3v) is 3.96. The molecule has 1 heterocycles. The second kappa shape index (κ2) is 6.86. The second-order valence-electron chi connectivity index (χ2n) is 5.40. The Morgan fingerprint density at radius 2 is 2.15 bits per heavy atom. The molecule has 1 aromatic carbocycles. The van der Waals surface area contributed by atoms with E-state index >= 15 is 0 Å². The number of nitrogens with zero attached hydrogens (tertiary/aromatic N) is 1. The molecule has 0 bridgehead atoms. The molecular formula is C16H24N2O2. The number of hydrogen-bond donors (Lipinski definition) is 1. The molecule has 0 saturated carbocycles. The fourth-order valence-corrected chi connectivity index (χ4v) is 2.71. The molecule has 4 nitrogen and oxygen atoms in total. The lowest BCUT2D eigenvalue weighted by Gasteiger charge is -2.39. The molecule has 1 aliphatic rings. The number of carbonyl (C=O) groups excluding carboxylic acids is 1. The Morgan fingerprint density at radius 3 is 2.75 bits per heavy atom. The normalized spacial score (nSPS) is 24.4. The highest BCUT2D eigenvalue weighted by Crippen LogP contribution is 2.24. The van der Waals surface area contributed by atoms with E-state index in [0.717, 1.165) is 12.0 Å². The molecule has 110 valence electrons. The van der Waals surface area contributed by atoms with Crippen molar-refractivity contribution in [1.82, 2.24) is 4.90 Å². The van der Waals surface area contributed by atoms with Gasteiger partial charge in [0.05, 0.1) is 24.7 Å². The minimum atomic E-state index is -0.0739. The van der Waals surface area contributed by atoms with Crippen LogP contribution in [0.4, 0.5) is 0 Å². The molecule has 20 heavy (non-hydrogen) atoms. The maximum Gasteiger partial charge on any atom is 0.230 e. The van der Waals surface area contributed by atoms with Gasteiger partial charge in [0.2, 0.25) is 5.91 Å². The van der Waals surface area contributed by atoms with Gasteiger partial charge in [0.1, 0.15) is 0 Å². The van der Waals surface area contributed by atoms with Crippen LogP contribution in [0.2, 0.25) is 0 Å². The highest BCUT2D eigenvalue weighted by atomic mass is 16.5. The summed E-state index contributed by atoms with van der Waals surface area (Å²) < 4.78 is 5.62. The van der Waals surface area contributed by atoms with Crippen LogP contribution in [0.1, 0.15) is 31.7 Å². The SMILES string of the molecule is CCC(C(=O)N1CC(CN)OCC1C)c1ccccc1. The first-order valence-corrected chi connectivity index (χ1v) is 7.34. The summed E-state index contributed by atoms with van der Waals surface area (Å²) in [6.45, 7) is 5.71. The lowest BCUT2D eigenvalue weighted by Crippen LogP contribution is -2.54. The van der Waals surface area contributed by atoms with Gasteiger partial charge in [-0.1, -0.05) is 37.3 Å². The van der Waals surface area contributed by atoms with Crippen LogP contribution in [0.25, 0.3) is 0 Å². The molecule has 0 aliphatic carbocycles. The summed E-state index contributed by atoms with van der Waals surface area (Å²) in [5.74, 6) is 0.114. The summed E-state index contributed by atoms with van der Waals surface area (Å²) in [6, 6.07) is 10.1. The number of nitrogens with two attached hydrogens (primary N) is 1. The number of benzene rings is 1. The van der Waals surface area contributed by atoms with Crippen LogP contribution >= 0.6 is 0 Å². The van der Waals surface area contributed by atoms with Crippen LogP contribution in [-0.4, -0.2) is 42.6 Å². The van der Waals surface area contributed by atoms with E-state index < -0.39 is 0 Å². The van der Waals surface area contributed by atoms with Gasteiger partial charge in [-0.15, -0.1) is 0 Å². The summed E-state index contributed by atoms with van der Waals surface area (Å²) in [4.78, 5) is 14.8. The van der Waals surface area contributed by atoms with Crippen molar-refractivity contribution in [2.45, 2.75) is 38.3 Å². The van der Waals surface area contributed by atoms with Crippen LogP contribution in [0.15, 0.2) is 30.3 Å². The third-order valence-electron chi connectivity index (χ3n) is 3.96. The van der Waals surface area contributed by atoms with Gasteiger partial charge in [0.15, 0.2) is 0 Å². The van der Waals surface area contributed by atoms with Crippen molar-refractivity contribution in [3.05, 3.63) is 35.9 Å². The molecule has 1 aromatic rings. The Bertz CT molecular complexity index is 435. The lowest BCUT2D eigenvalue weighted by molar-refractivity contribution is -0.145. The summed E-state index contributed by atoms with van der Waals surface area (Å²) in [5, 5.41) is 0. The smallest absolute Gasteiger partial charge is 0.230 e. The Kier molecular flexibility index (Phi) is 5.15. The predicted octanol–water partition coefficient (Wildman–Crippen LogP) is 1.75. The Labute approximate surface area is 120 Å². The standard InChI is InChI=1S/C16H24N2O2/c1-3-15(13-7-5-4-6-8-13)16(19)18-10-14(9-17)20-11-12(18)2/h4-8,12,14-15H,3,9-11,17H2,1-2H3. The molecule has 0 aromatic heterocycles. The molecule has 4 heteroatoms. The average molecular weight is 276 g/mol. The van der Waals surface area contributed by atoms with Crippen LogP contribution in [0.5, 0.6) is 0 Å².